The second kappa shape index (κ2) is 3.72. The van der Waals surface area contributed by atoms with E-state index in [2.05, 4.69) is 16.9 Å². The van der Waals surface area contributed by atoms with Gasteiger partial charge in [0, 0.05) is 0 Å². The molecule has 68 valence electrons. The van der Waals surface area contributed by atoms with E-state index >= 15 is 0 Å². The molecule has 0 fully saturated rings. The van der Waals surface area contributed by atoms with Gasteiger partial charge in [-0.15, -0.1) is 5.92 Å². The van der Waals surface area contributed by atoms with Crippen LogP contribution in [0.5, 0.6) is 0 Å². The number of nitro groups is 1. The normalized spacial score (nSPS) is 9.08. The zero-order valence-corrected chi connectivity index (χ0v) is 7.44. The molecule has 0 saturated carbocycles. The minimum absolute atomic E-state index is 0.0992. The molecule has 5 heteroatoms. The van der Waals surface area contributed by atoms with E-state index in [-0.39, 0.29) is 5.82 Å². The van der Waals surface area contributed by atoms with Crippen LogP contribution < -0.4 is 0 Å². The van der Waals surface area contributed by atoms with Crippen LogP contribution in [0.4, 0.5) is 5.82 Å². The monoisotopic (exact) mass is 179 g/mol. The molecule has 0 aliphatic heterocycles. The van der Waals surface area contributed by atoms with Gasteiger partial charge in [0.15, 0.2) is 0 Å². The molecular weight excluding hydrogens is 170 g/mol. The summed E-state index contributed by atoms with van der Waals surface area (Å²) in [6.45, 7) is 3.76. The van der Waals surface area contributed by atoms with Crippen LogP contribution in [0.15, 0.2) is 6.20 Å². The lowest BCUT2D eigenvalue weighted by Crippen LogP contribution is -1.97. The van der Waals surface area contributed by atoms with E-state index in [1.807, 2.05) is 0 Å². The Balaban J connectivity index is 2.93. The standard InChI is InChI=1S/C8H9N3O2/c1-3-4-5-10-6-7(2)8(9-10)11(12)13/h6H,5H2,1-2H3. The fourth-order valence-electron chi connectivity index (χ4n) is 0.932. The molecule has 0 saturated heterocycles. The van der Waals surface area contributed by atoms with Crippen LogP contribution in [0.3, 0.4) is 0 Å². The molecule has 0 unspecified atom stereocenters. The highest BCUT2D eigenvalue weighted by Crippen LogP contribution is 2.13. The van der Waals surface area contributed by atoms with E-state index in [0.717, 1.165) is 0 Å². The Kier molecular flexibility index (Phi) is 2.65. The number of aromatic nitrogens is 2. The van der Waals surface area contributed by atoms with Crippen molar-refractivity contribution in [2.45, 2.75) is 20.4 Å². The van der Waals surface area contributed by atoms with Gasteiger partial charge < -0.3 is 10.1 Å². The maximum Gasteiger partial charge on any atom is 0.392 e. The van der Waals surface area contributed by atoms with Crippen molar-refractivity contribution in [3.8, 4) is 11.8 Å². The Labute approximate surface area is 75.5 Å². The Hall–Kier alpha value is -1.83. The third-order valence-electron chi connectivity index (χ3n) is 1.51. The summed E-state index contributed by atoms with van der Waals surface area (Å²) in [5, 5.41) is 14.2. The lowest BCUT2D eigenvalue weighted by atomic mass is 10.4. The maximum absolute atomic E-state index is 10.4. The van der Waals surface area contributed by atoms with Crippen LogP contribution in [-0.2, 0) is 6.54 Å². The van der Waals surface area contributed by atoms with Crippen molar-refractivity contribution >= 4 is 5.82 Å². The summed E-state index contributed by atoms with van der Waals surface area (Å²) in [6, 6.07) is 0. The quantitative estimate of drug-likeness (QED) is 0.388. The van der Waals surface area contributed by atoms with E-state index in [4.69, 9.17) is 0 Å². The highest BCUT2D eigenvalue weighted by molar-refractivity contribution is 5.28. The molecule has 0 radical (unpaired) electrons. The zero-order valence-electron chi connectivity index (χ0n) is 7.44. The predicted octanol–water partition coefficient (Wildman–Crippen LogP) is 1.12. The molecule has 0 aromatic carbocycles. The van der Waals surface area contributed by atoms with Gasteiger partial charge in [0.25, 0.3) is 0 Å². The van der Waals surface area contributed by atoms with Crippen molar-refractivity contribution < 1.29 is 4.92 Å². The first-order valence-corrected chi connectivity index (χ1v) is 3.73. The van der Waals surface area contributed by atoms with Crippen LogP contribution >= 0.6 is 0 Å². The van der Waals surface area contributed by atoms with Crippen LogP contribution in [-0.4, -0.2) is 14.7 Å². The van der Waals surface area contributed by atoms with E-state index in [1.165, 1.54) is 4.68 Å². The van der Waals surface area contributed by atoms with Crippen molar-refractivity contribution in [3.63, 3.8) is 0 Å². The Morgan fingerprint density at radius 3 is 2.92 bits per heavy atom. The van der Waals surface area contributed by atoms with Crippen molar-refractivity contribution in [1.82, 2.24) is 9.78 Å². The maximum atomic E-state index is 10.4. The summed E-state index contributed by atoms with van der Waals surface area (Å²) in [5.74, 6) is 5.37. The summed E-state index contributed by atoms with van der Waals surface area (Å²) in [6.07, 6.45) is 1.61. The van der Waals surface area contributed by atoms with Crippen LogP contribution in [0.1, 0.15) is 12.5 Å². The van der Waals surface area contributed by atoms with Gasteiger partial charge in [-0.3, -0.25) is 0 Å². The third-order valence-corrected chi connectivity index (χ3v) is 1.51. The average molecular weight is 179 g/mol. The van der Waals surface area contributed by atoms with Crippen molar-refractivity contribution in [2.75, 3.05) is 0 Å². The summed E-state index contributed by atoms with van der Waals surface area (Å²) in [5.41, 5.74) is 0.558. The molecule has 0 amide bonds. The van der Waals surface area contributed by atoms with Crippen LogP contribution in [0, 0.1) is 28.9 Å². The molecule has 1 aromatic heterocycles. The Bertz CT molecular complexity index is 384. The summed E-state index contributed by atoms with van der Waals surface area (Å²) in [7, 11) is 0. The van der Waals surface area contributed by atoms with Crippen LogP contribution in [0.2, 0.25) is 0 Å². The second-order valence-corrected chi connectivity index (χ2v) is 2.52. The first-order chi connectivity index (χ1) is 6.15. The molecule has 1 rings (SSSR count). The van der Waals surface area contributed by atoms with Gasteiger partial charge in [0.2, 0.25) is 0 Å². The largest absolute Gasteiger partial charge is 0.392 e. The lowest BCUT2D eigenvalue weighted by Gasteiger charge is -1.85. The number of nitrogens with zero attached hydrogens (tertiary/aromatic N) is 3. The van der Waals surface area contributed by atoms with Gasteiger partial charge in [-0.05, 0) is 18.8 Å². The summed E-state index contributed by atoms with van der Waals surface area (Å²) >= 11 is 0. The molecule has 1 heterocycles. The number of hydrogen-bond donors (Lipinski definition) is 0. The molecule has 0 atom stereocenters. The molecule has 0 spiro atoms. The van der Waals surface area contributed by atoms with Gasteiger partial charge in [0.1, 0.15) is 6.54 Å². The molecule has 13 heavy (non-hydrogen) atoms. The van der Waals surface area contributed by atoms with Crippen molar-refractivity contribution in [1.29, 1.82) is 0 Å². The minimum atomic E-state index is -0.495. The summed E-state index contributed by atoms with van der Waals surface area (Å²) < 4.78 is 1.46. The molecule has 1 aromatic rings. The van der Waals surface area contributed by atoms with E-state index in [0.29, 0.717) is 12.1 Å². The lowest BCUT2D eigenvalue weighted by molar-refractivity contribution is -0.390. The highest BCUT2D eigenvalue weighted by atomic mass is 16.6. The van der Waals surface area contributed by atoms with Gasteiger partial charge in [-0.25, -0.2) is 0 Å². The van der Waals surface area contributed by atoms with E-state index in [1.54, 1.807) is 20.0 Å². The topological polar surface area (TPSA) is 61.0 Å². The smallest absolute Gasteiger partial charge is 0.358 e. The fourth-order valence-corrected chi connectivity index (χ4v) is 0.932. The Morgan fingerprint density at radius 2 is 2.46 bits per heavy atom. The van der Waals surface area contributed by atoms with Crippen molar-refractivity contribution in [3.05, 3.63) is 21.9 Å². The molecular formula is C8H9N3O2. The molecule has 0 aliphatic carbocycles. The van der Waals surface area contributed by atoms with Crippen LogP contribution in [0.25, 0.3) is 0 Å². The predicted molar refractivity (Wildman–Crippen MR) is 47.1 cm³/mol. The van der Waals surface area contributed by atoms with Crippen molar-refractivity contribution in [2.24, 2.45) is 0 Å². The third kappa shape index (κ3) is 2.06. The minimum Gasteiger partial charge on any atom is -0.358 e. The van der Waals surface area contributed by atoms with E-state index in [9.17, 15) is 10.1 Å². The van der Waals surface area contributed by atoms with Gasteiger partial charge in [0.05, 0.1) is 16.9 Å². The second-order valence-electron chi connectivity index (χ2n) is 2.52. The fraction of sp³-hybridized carbons (Fsp3) is 0.375. The number of rotatable bonds is 2. The van der Waals surface area contributed by atoms with Gasteiger partial charge >= 0.3 is 5.82 Å². The number of aryl methyl sites for hydroxylation is 1. The van der Waals surface area contributed by atoms with Gasteiger partial charge in [-0.2, -0.15) is 4.68 Å². The summed E-state index contributed by atoms with van der Waals surface area (Å²) in [4.78, 5) is 9.91. The van der Waals surface area contributed by atoms with Gasteiger partial charge in [-0.1, -0.05) is 5.92 Å². The molecule has 0 aliphatic rings. The van der Waals surface area contributed by atoms with E-state index < -0.39 is 4.92 Å². The average Bonchev–Trinajstić information content (AvgIpc) is 2.43. The number of hydrogen-bond acceptors (Lipinski definition) is 3. The first-order valence-electron chi connectivity index (χ1n) is 3.73. The molecule has 5 nitrogen and oxygen atoms in total. The SMILES string of the molecule is CC#CCn1cc(C)c([N+](=O)[O-])n1. The molecule has 0 bridgehead atoms. The Morgan fingerprint density at radius 1 is 1.77 bits per heavy atom. The zero-order chi connectivity index (χ0) is 9.84. The molecule has 0 N–H and O–H groups in total. The first kappa shape index (κ1) is 9.26. The highest BCUT2D eigenvalue weighted by Gasteiger charge is 2.15.